The van der Waals surface area contributed by atoms with Gasteiger partial charge in [0.1, 0.15) is 54.4 Å². The van der Waals surface area contributed by atoms with Crippen LogP contribution in [0.4, 0.5) is 0 Å². The summed E-state index contributed by atoms with van der Waals surface area (Å²) in [5.74, 6) is -13.2. The Hall–Kier alpha value is -8.35. The second-order valence-electron chi connectivity index (χ2n) is 27.2. The quantitative estimate of drug-likeness (QED) is 0.0355. The van der Waals surface area contributed by atoms with Crippen LogP contribution in [0, 0.1) is 28.6 Å². The Morgan fingerprint density at radius 3 is 1.78 bits per heavy atom. The fourth-order valence-electron chi connectivity index (χ4n) is 10.2. The van der Waals surface area contributed by atoms with E-state index in [1.165, 1.54) is 57.4 Å². The minimum Gasteiger partial charge on any atom is -0.394 e. The van der Waals surface area contributed by atoms with E-state index in [-0.39, 0.29) is 68.9 Å². The maximum atomic E-state index is 15.6. The van der Waals surface area contributed by atoms with Gasteiger partial charge >= 0.3 is 0 Å². The van der Waals surface area contributed by atoms with Crippen LogP contribution < -0.4 is 75.7 Å². The topological polar surface area (TPSA) is 484 Å². The fraction of sp³-hybridized carbons (Fsp3) is 0.641. The number of aliphatic hydroxyl groups is 3. The van der Waals surface area contributed by atoms with Crippen molar-refractivity contribution < 1.29 is 68.1 Å². The molecule has 0 saturated carbocycles. The molecule has 0 bridgehead atoms. The molecule has 30 heteroatoms. The first-order valence-corrected chi connectivity index (χ1v) is 31.9. The molecule has 30 nitrogen and oxygen atoms in total. The van der Waals surface area contributed by atoms with Gasteiger partial charge in [0.05, 0.1) is 37.4 Å². The number of carbonyl (C=O) groups excluding carboxylic acids is 11. The number of aliphatic imine (C=N–C) groups is 1. The van der Waals surface area contributed by atoms with Gasteiger partial charge in [-0.2, -0.15) is 0 Å². The summed E-state index contributed by atoms with van der Waals surface area (Å²) >= 11 is 0. The molecular weight excluding hydrogens is 1220 g/mol. The Kier molecular flexibility index (Phi) is 31.9. The van der Waals surface area contributed by atoms with Gasteiger partial charge in [-0.15, -0.1) is 0 Å². The monoisotopic (exact) mass is 1320 g/mol. The summed E-state index contributed by atoms with van der Waals surface area (Å²) in [5.41, 5.74) is 17.0. The second kappa shape index (κ2) is 37.5. The summed E-state index contributed by atoms with van der Waals surface area (Å²) < 4.78 is 0. The number of amides is 11. The lowest BCUT2D eigenvalue weighted by molar-refractivity contribution is -0.139. The lowest BCUT2D eigenvalue weighted by atomic mass is 9.86. The van der Waals surface area contributed by atoms with Crippen molar-refractivity contribution in [3.8, 4) is 0 Å². The smallest absolute Gasteiger partial charge is 0.245 e. The zero-order valence-corrected chi connectivity index (χ0v) is 56.5. The minimum atomic E-state index is -2.02. The molecular formula is C64H104N16O14. The standard InChI is InChI=1S/C64H104N16O14/c1-14-35(6)46-59(92)77-47(36(7)82)58(91)70-31-45(83)71-42(27-37-20-18-24-68-30-37)55(88)75-44(32-81)57(90)78-48(38-21-16-15-17-22-38)49(79-56(89)43(29-64(11,12)13)74-52(85)39(65)28-63(8,9)10)60(93)80-50(51(84)34(4)5)61(94)73-41(26-33(2)3)54(87)72-40(53(86)76-46)23-19-25-69-62(66)67/h15-18,20-22,24,30,33-36,39-44,46-51,81-82,84H,14,19,23,25-29,31-32,65H2,1-13H3,(H,70,91)(H,71,83)(H,72,87)(H,73,94)(H,74,85)(H,75,88)(H,76,86)(H,77,92)(H,78,90)(H,79,89)(H,80,93)(H4,66,67,69)/t35-,36-,39+,40+,41-,42-,43-,44-,46-,47-,48+,49-,50-,51+/m0/s1. The van der Waals surface area contributed by atoms with Crippen LogP contribution in [0.25, 0.3) is 0 Å². The number of carbonyl (C=O) groups is 11. The Morgan fingerprint density at radius 2 is 1.22 bits per heavy atom. The van der Waals surface area contributed by atoms with Crippen LogP contribution in [0.5, 0.6) is 0 Å². The third-order valence-corrected chi connectivity index (χ3v) is 15.4. The first-order valence-electron chi connectivity index (χ1n) is 31.9. The number of hydrogen-bond donors (Lipinski definition) is 17. The highest BCUT2D eigenvalue weighted by molar-refractivity contribution is 6.00. The molecule has 1 saturated heterocycles. The molecule has 2 heterocycles. The second-order valence-corrected chi connectivity index (χ2v) is 27.2. The third-order valence-electron chi connectivity index (χ3n) is 15.4. The normalized spacial score (nSPS) is 24.1. The maximum absolute atomic E-state index is 15.6. The van der Waals surface area contributed by atoms with Crippen LogP contribution in [0.2, 0.25) is 0 Å². The highest BCUT2D eigenvalue weighted by Crippen LogP contribution is 2.25. The number of nitrogens with two attached hydrogens (primary N) is 3. The van der Waals surface area contributed by atoms with Crippen molar-refractivity contribution in [2.24, 2.45) is 50.8 Å². The van der Waals surface area contributed by atoms with E-state index in [2.05, 4.69) is 68.5 Å². The van der Waals surface area contributed by atoms with E-state index in [4.69, 9.17) is 17.2 Å². The molecule has 1 aromatic carbocycles. The first-order chi connectivity index (χ1) is 43.9. The summed E-state index contributed by atoms with van der Waals surface area (Å²) in [6.07, 6.45) is -0.536. The lowest BCUT2D eigenvalue weighted by Gasteiger charge is -2.35. The zero-order chi connectivity index (χ0) is 70.9. The molecule has 0 unspecified atom stereocenters. The molecule has 2 aromatic rings. The van der Waals surface area contributed by atoms with Gasteiger partial charge in [-0.1, -0.05) is 126 Å². The van der Waals surface area contributed by atoms with Gasteiger partial charge < -0.3 is 91.0 Å². The summed E-state index contributed by atoms with van der Waals surface area (Å²) in [6, 6.07) is -7.06. The molecule has 1 aliphatic heterocycles. The van der Waals surface area contributed by atoms with Crippen molar-refractivity contribution in [3.63, 3.8) is 0 Å². The number of pyridine rings is 1. The molecule has 94 heavy (non-hydrogen) atoms. The average molecular weight is 1320 g/mol. The van der Waals surface area contributed by atoms with E-state index in [1.54, 1.807) is 66.7 Å². The van der Waals surface area contributed by atoms with Gasteiger partial charge in [-0.25, -0.2) is 0 Å². The fourth-order valence-corrected chi connectivity index (χ4v) is 10.2. The number of hydrogen-bond acceptors (Lipinski definition) is 17. The Bertz CT molecular complexity index is 2900. The van der Waals surface area contributed by atoms with E-state index in [0.717, 1.165) is 0 Å². The highest BCUT2D eigenvalue weighted by atomic mass is 16.3. The van der Waals surface area contributed by atoms with Crippen molar-refractivity contribution in [2.45, 2.75) is 214 Å². The minimum absolute atomic E-state index is 0.0186. The van der Waals surface area contributed by atoms with E-state index < -0.39 is 179 Å². The summed E-state index contributed by atoms with van der Waals surface area (Å²) in [6.45, 7) is 20.1. The van der Waals surface area contributed by atoms with E-state index in [0.29, 0.717) is 5.56 Å². The van der Waals surface area contributed by atoms with Crippen molar-refractivity contribution in [1.29, 1.82) is 0 Å². The van der Waals surface area contributed by atoms with Gasteiger partial charge in [0.15, 0.2) is 5.96 Å². The predicted molar refractivity (Wildman–Crippen MR) is 350 cm³/mol. The van der Waals surface area contributed by atoms with Crippen molar-refractivity contribution in [1.82, 2.24) is 63.5 Å². The number of nitrogens with one attached hydrogen (secondary N) is 11. The number of benzene rings is 1. The van der Waals surface area contributed by atoms with Crippen molar-refractivity contribution in [3.05, 3.63) is 66.0 Å². The van der Waals surface area contributed by atoms with Crippen molar-refractivity contribution in [2.75, 3.05) is 19.7 Å². The predicted octanol–water partition coefficient (Wildman–Crippen LogP) is -2.29. The van der Waals surface area contributed by atoms with E-state index in [9.17, 15) is 53.7 Å². The summed E-state index contributed by atoms with van der Waals surface area (Å²) in [5, 5.41) is 62.2. The highest BCUT2D eigenvalue weighted by Gasteiger charge is 2.43. The molecule has 524 valence electrons. The molecule has 1 aliphatic rings. The number of aromatic nitrogens is 1. The number of aliphatic hydroxyl groups excluding tert-OH is 3. The summed E-state index contributed by atoms with van der Waals surface area (Å²) in [7, 11) is 0. The van der Waals surface area contributed by atoms with E-state index >= 15 is 14.4 Å². The van der Waals surface area contributed by atoms with Crippen LogP contribution in [0.15, 0.2) is 59.9 Å². The Labute approximate surface area is 550 Å². The van der Waals surface area contributed by atoms with Gasteiger partial charge in [-0.3, -0.25) is 62.7 Å². The molecule has 0 radical (unpaired) electrons. The number of nitrogens with zero attached hydrogens (tertiary/aromatic N) is 2. The van der Waals surface area contributed by atoms with Gasteiger partial charge in [0.2, 0.25) is 65.0 Å². The van der Waals surface area contributed by atoms with Crippen LogP contribution >= 0.6 is 0 Å². The third kappa shape index (κ3) is 26.9. The number of guanidine groups is 1. The Morgan fingerprint density at radius 1 is 0.660 bits per heavy atom. The largest absolute Gasteiger partial charge is 0.394 e. The first kappa shape index (κ1) is 79.9. The number of rotatable bonds is 21. The molecule has 3 rings (SSSR count). The lowest BCUT2D eigenvalue weighted by Crippen LogP contribution is -2.65. The zero-order valence-electron chi connectivity index (χ0n) is 56.5. The molecule has 20 N–H and O–H groups in total. The molecule has 0 spiro atoms. The van der Waals surface area contributed by atoms with Gasteiger partial charge in [-0.05, 0) is 84.8 Å². The van der Waals surface area contributed by atoms with Gasteiger partial charge in [0, 0.05) is 25.4 Å². The van der Waals surface area contributed by atoms with Crippen LogP contribution in [0.1, 0.15) is 146 Å². The van der Waals surface area contributed by atoms with Crippen LogP contribution in [-0.4, -0.2) is 184 Å². The SMILES string of the molecule is CC[C@H](C)[C@@H]1NC(=O)[C@@H](CCCN=C(N)N)NC(=O)[C@H](CC(C)C)NC(=O)[C@H]([C@H](O)C(C)C)NC(=O)[C@@H](NC(=O)[C@H](CC(C)(C)C)NC(=O)[C@H](N)CC(C)(C)C)[C@@H](c2ccccc2)NC(=O)[C@H](CO)NC(=O)[C@H](Cc2cccnc2)NC(=O)CNC(=O)[C@H]([C@H](C)O)NC1=O. The average Bonchev–Trinajstić information content (AvgIpc) is 0.839. The molecule has 14 atom stereocenters. The molecule has 1 fully saturated rings. The summed E-state index contributed by atoms with van der Waals surface area (Å²) in [4.78, 5) is 168. The maximum Gasteiger partial charge on any atom is 0.245 e. The van der Waals surface area contributed by atoms with Crippen molar-refractivity contribution >= 4 is 70.9 Å². The van der Waals surface area contributed by atoms with E-state index in [1.807, 2.05) is 20.8 Å². The van der Waals surface area contributed by atoms with Gasteiger partial charge in [0.25, 0.3) is 0 Å². The molecule has 11 amide bonds. The molecule has 0 aliphatic carbocycles. The molecule has 1 aromatic heterocycles. The Balaban J connectivity index is 2.44. The van der Waals surface area contributed by atoms with Crippen LogP contribution in [0.3, 0.4) is 0 Å². The van der Waals surface area contributed by atoms with Crippen LogP contribution in [-0.2, 0) is 59.2 Å².